The third-order valence-electron chi connectivity index (χ3n) is 6.71. The summed E-state index contributed by atoms with van der Waals surface area (Å²) in [6.45, 7) is 5.05. The highest BCUT2D eigenvalue weighted by atomic mass is 19.1. The van der Waals surface area contributed by atoms with E-state index in [1.54, 1.807) is 33.8 Å². The first kappa shape index (κ1) is 26.6. The minimum atomic E-state index is -0.583. The van der Waals surface area contributed by atoms with E-state index in [1.165, 1.54) is 24.3 Å². The van der Waals surface area contributed by atoms with Gasteiger partial charge in [-0.15, -0.1) is 0 Å². The molecule has 0 spiro atoms. The van der Waals surface area contributed by atoms with Gasteiger partial charge in [-0.25, -0.2) is 13.5 Å². The van der Waals surface area contributed by atoms with E-state index in [0.29, 0.717) is 30.3 Å². The van der Waals surface area contributed by atoms with Crippen LogP contribution in [-0.2, 0) is 11.3 Å². The summed E-state index contributed by atoms with van der Waals surface area (Å²) in [4.78, 5) is 15.3. The van der Waals surface area contributed by atoms with E-state index >= 15 is 0 Å². The number of carbonyl (C=O) groups is 1. The first-order chi connectivity index (χ1) is 18.9. The minimum Gasteiger partial charge on any atom is -0.438 e. The fraction of sp³-hybridized carbons (Fsp3) is 0.290. The molecule has 202 valence electrons. The van der Waals surface area contributed by atoms with E-state index in [-0.39, 0.29) is 24.1 Å². The van der Waals surface area contributed by atoms with Crippen LogP contribution >= 0.6 is 0 Å². The number of para-hydroxylation sites is 1. The minimum absolute atomic E-state index is 0.00959. The van der Waals surface area contributed by atoms with Gasteiger partial charge in [-0.2, -0.15) is 5.10 Å². The van der Waals surface area contributed by atoms with Gasteiger partial charge in [-0.1, -0.05) is 50.2 Å². The Bertz CT molecular complexity index is 1430. The molecule has 1 fully saturated rings. The smallest absolute Gasteiger partial charge is 0.257 e. The number of hydrogen-bond donors (Lipinski definition) is 0. The quantitative estimate of drug-likeness (QED) is 0.236. The molecule has 1 atom stereocenters. The molecular weight excluding hydrogens is 500 g/mol. The summed E-state index contributed by atoms with van der Waals surface area (Å²) < 4.78 is 42.7. The van der Waals surface area contributed by atoms with Crippen molar-refractivity contribution in [2.24, 2.45) is 0 Å². The van der Waals surface area contributed by atoms with E-state index < -0.39 is 17.5 Å². The molecule has 3 aromatic carbocycles. The molecule has 0 N–H and O–H groups in total. The summed E-state index contributed by atoms with van der Waals surface area (Å²) in [5, 5.41) is 4.89. The van der Waals surface area contributed by atoms with Crippen molar-refractivity contribution < 1.29 is 23.0 Å². The lowest BCUT2D eigenvalue weighted by atomic mass is 10.0. The summed E-state index contributed by atoms with van der Waals surface area (Å²) in [6, 6.07) is 21.3. The maximum absolute atomic E-state index is 14.7. The lowest BCUT2D eigenvalue weighted by molar-refractivity contribution is 0.0501. The maximum Gasteiger partial charge on any atom is 0.257 e. The van der Waals surface area contributed by atoms with Crippen LogP contribution in [0.15, 0.2) is 78.9 Å². The van der Waals surface area contributed by atoms with Gasteiger partial charge in [0.05, 0.1) is 35.2 Å². The highest BCUT2D eigenvalue weighted by Gasteiger charge is 2.30. The first-order valence-electron chi connectivity index (χ1n) is 13.2. The number of hydrogen-bond acceptors (Lipinski definition) is 4. The van der Waals surface area contributed by atoms with Gasteiger partial charge in [0.25, 0.3) is 5.91 Å². The van der Waals surface area contributed by atoms with Crippen LogP contribution in [0.25, 0.3) is 5.69 Å². The average molecular weight is 532 g/mol. The van der Waals surface area contributed by atoms with Crippen molar-refractivity contribution in [3.8, 4) is 17.3 Å². The molecule has 1 aliphatic heterocycles. The molecule has 0 aliphatic carbocycles. The molecule has 39 heavy (non-hydrogen) atoms. The van der Waals surface area contributed by atoms with Crippen LogP contribution in [0.2, 0.25) is 0 Å². The number of amides is 1. The van der Waals surface area contributed by atoms with E-state index in [4.69, 9.17) is 14.6 Å². The second-order valence-electron chi connectivity index (χ2n) is 9.93. The Labute approximate surface area is 226 Å². The van der Waals surface area contributed by atoms with Crippen LogP contribution in [0.5, 0.6) is 11.6 Å². The summed E-state index contributed by atoms with van der Waals surface area (Å²) in [5.74, 6) is -0.807. The lowest BCUT2D eigenvalue weighted by Crippen LogP contribution is -2.37. The van der Waals surface area contributed by atoms with Crippen LogP contribution in [-0.4, -0.2) is 39.8 Å². The van der Waals surface area contributed by atoms with Gasteiger partial charge in [0, 0.05) is 19.2 Å². The zero-order valence-corrected chi connectivity index (χ0v) is 22.0. The Kier molecular flexibility index (Phi) is 8.02. The molecule has 6 nitrogen and oxygen atoms in total. The molecule has 0 radical (unpaired) electrons. The van der Waals surface area contributed by atoms with Crippen LogP contribution in [0.4, 0.5) is 8.78 Å². The Hall–Kier alpha value is -4.04. The number of nitrogens with zero attached hydrogens (tertiary/aromatic N) is 3. The molecule has 1 aromatic heterocycles. The molecule has 0 unspecified atom stereocenters. The second kappa shape index (κ2) is 11.8. The van der Waals surface area contributed by atoms with E-state index in [1.807, 2.05) is 44.2 Å². The van der Waals surface area contributed by atoms with Crippen LogP contribution in [0, 0.1) is 11.6 Å². The first-order valence-corrected chi connectivity index (χ1v) is 13.2. The van der Waals surface area contributed by atoms with Gasteiger partial charge in [0.15, 0.2) is 0 Å². The molecule has 8 heteroatoms. The van der Waals surface area contributed by atoms with Crippen molar-refractivity contribution in [2.45, 2.75) is 45.3 Å². The number of ether oxygens (including phenoxy) is 2. The van der Waals surface area contributed by atoms with Crippen molar-refractivity contribution in [1.82, 2.24) is 14.7 Å². The summed E-state index contributed by atoms with van der Waals surface area (Å²) in [6.07, 6.45) is 1.57. The van der Waals surface area contributed by atoms with Gasteiger partial charge in [-0.05, 0) is 55.2 Å². The van der Waals surface area contributed by atoms with Crippen molar-refractivity contribution in [2.75, 3.05) is 13.2 Å². The van der Waals surface area contributed by atoms with E-state index in [2.05, 4.69) is 0 Å². The Morgan fingerprint density at radius 3 is 2.54 bits per heavy atom. The van der Waals surface area contributed by atoms with Gasteiger partial charge in [-0.3, -0.25) is 4.79 Å². The van der Waals surface area contributed by atoms with Crippen molar-refractivity contribution in [3.05, 3.63) is 107 Å². The molecule has 0 saturated carbocycles. The Balaban J connectivity index is 1.62. The molecule has 4 aromatic rings. The molecule has 1 saturated heterocycles. The Morgan fingerprint density at radius 1 is 1.08 bits per heavy atom. The van der Waals surface area contributed by atoms with Crippen molar-refractivity contribution >= 4 is 5.91 Å². The average Bonchev–Trinajstić information content (AvgIpc) is 3.57. The molecule has 5 rings (SSSR count). The molecule has 1 aliphatic rings. The maximum atomic E-state index is 14.7. The number of carbonyl (C=O) groups excluding carboxylic acids is 1. The fourth-order valence-corrected chi connectivity index (χ4v) is 4.80. The zero-order chi connectivity index (χ0) is 27.4. The van der Waals surface area contributed by atoms with Gasteiger partial charge >= 0.3 is 0 Å². The van der Waals surface area contributed by atoms with Crippen LogP contribution in [0.3, 0.4) is 0 Å². The summed E-state index contributed by atoms with van der Waals surface area (Å²) in [5.41, 5.74) is 2.14. The number of benzene rings is 3. The van der Waals surface area contributed by atoms with Crippen molar-refractivity contribution in [3.63, 3.8) is 0 Å². The zero-order valence-electron chi connectivity index (χ0n) is 22.0. The normalized spacial score (nSPS) is 15.1. The lowest BCUT2D eigenvalue weighted by Gasteiger charge is -2.26. The fourth-order valence-electron chi connectivity index (χ4n) is 4.80. The third-order valence-corrected chi connectivity index (χ3v) is 6.71. The van der Waals surface area contributed by atoms with Crippen LogP contribution < -0.4 is 4.74 Å². The molecule has 2 heterocycles. The summed E-state index contributed by atoms with van der Waals surface area (Å²) in [7, 11) is 0. The predicted octanol–water partition coefficient (Wildman–Crippen LogP) is 6.89. The van der Waals surface area contributed by atoms with Crippen LogP contribution in [0.1, 0.15) is 54.2 Å². The number of aromatic nitrogens is 2. The molecular formula is C31H31F2N3O3. The predicted molar refractivity (Wildman–Crippen MR) is 144 cm³/mol. The number of halogens is 2. The number of rotatable bonds is 9. The topological polar surface area (TPSA) is 56.6 Å². The molecule has 1 amide bonds. The van der Waals surface area contributed by atoms with Gasteiger partial charge < -0.3 is 14.4 Å². The van der Waals surface area contributed by atoms with Gasteiger partial charge in [0.2, 0.25) is 5.88 Å². The monoisotopic (exact) mass is 531 g/mol. The Morgan fingerprint density at radius 2 is 1.85 bits per heavy atom. The highest BCUT2D eigenvalue weighted by molar-refractivity contribution is 5.94. The SMILES string of the molecule is CC(C)c1nn(-c2ccccc2)c(Oc2cccc(F)c2)c1CN(C[C@H]1CCCO1)C(=O)c1ccccc1F. The van der Waals surface area contributed by atoms with E-state index in [9.17, 15) is 13.6 Å². The second-order valence-corrected chi connectivity index (χ2v) is 9.93. The highest BCUT2D eigenvalue weighted by Crippen LogP contribution is 2.35. The summed E-state index contributed by atoms with van der Waals surface area (Å²) >= 11 is 0. The van der Waals surface area contributed by atoms with Gasteiger partial charge in [0.1, 0.15) is 17.4 Å². The third kappa shape index (κ3) is 6.01. The largest absolute Gasteiger partial charge is 0.438 e. The standard InChI is InChI=1S/C31H31F2N3O3/c1-21(2)29-27(20-35(19-25-14-9-17-38-25)30(37)26-15-6-7-16-28(26)33)31(39-24-13-8-10-22(32)18-24)36(34-29)23-11-4-3-5-12-23/h3-8,10-13,15-16,18,21,25H,9,14,17,19-20H2,1-2H3/t25-/m1/s1. The molecule has 0 bridgehead atoms. The van der Waals surface area contributed by atoms with Crippen molar-refractivity contribution in [1.29, 1.82) is 0 Å². The van der Waals surface area contributed by atoms with E-state index in [0.717, 1.165) is 24.2 Å².